The van der Waals surface area contributed by atoms with E-state index in [1.807, 2.05) is 6.92 Å². The van der Waals surface area contributed by atoms with Crippen LogP contribution in [0, 0.1) is 17.8 Å². The summed E-state index contributed by atoms with van der Waals surface area (Å²) in [5, 5.41) is 0. The molecule has 0 aromatic rings. The molecular weight excluding hydrogens is 108 g/mol. The smallest absolute Gasteiger partial charge is 0.0449 e. The van der Waals surface area contributed by atoms with Crippen LogP contribution in [0.2, 0.25) is 0 Å². The SMILES string of the molecule is CC#C[C](C)CCCC. The van der Waals surface area contributed by atoms with Crippen molar-refractivity contribution < 1.29 is 0 Å². The molecule has 0 N–H and O–H groups in total. The van der Waals surface area contributed by atoms with E-state index in [1.165, 1.54) is 25.2 Å². The first-order chi connectivity index (χ1) is 4.31. The molecule has 0 aliphatic rings. The van der Waals surface area contributed by atoms with Gasteiger partial charge in [0, 0.05) is 5.92 Å². The summed E-state index contributed by atoms with van der Waals surface area (Å²) in [4.78, 5) is 0. The second kappa shape index (κ2) is 5.69. The third kappa shape index (κ3) is 5.43. The molecule has 0 heterocycles. The van der Waals surface area contributed by atoms with Crippen LogP contribution in [0.4, 0.5) is 0 Å². The molecule has 9 heavy (non-hydrogen) atoms. The van der Waals surface area contributed by atoms with E-state index >= 15 is 0 Å². The Morgan fingerprint density at radius 3 is 2.56 bits per heavy atom. The molecule has 51 valence electrons. The van der Waals surface area contributed by atoms with Crippen molar-refractivity contribution in [1.29, 1.82) is 0 Å². The fourth-order valence-electron chi connectivity index (χ4n) is 0.718. The van der Waals surface area contributed by atoms with Gasteiger partial charge in [-0.2, -0.15) is 0 Å². The molecule has 0 atom stereocenters. The second-order valence-electron chi connectivity index (χ2n) is 2.26. The molecule has 1 radical (unpaired) electrons. The van der Waals surface area contributed by atoms with Crippen molar-refractivity contribution in [2.45, 2.75) is 40.0 Å². The Morgan fingerprint density at radius 1 is 1.44 bits per heavy atom. The Kier molecular flexibility index (Phi) is 5.41. The maximum atomic E-state index is 3.05. The van der Waals surface area contributed by atoms with Gasteiger partial charge in [0.2, 0.25) is 0 Å². The lowest BCUT2D eigenvalue weighted by Gasteiger charge is -1.98. The summed E-state index contributed by atoms with van der Waals surface area (Å²) < 4.78 is 0. The molecule has 0 bridgehead atoms. The largest absolute Gasteiger partial charge is 0.106 e. The van der Waals surface area contributed by atoms with E-state index in [9.17, 15) is 0 Å². The van der Waals surface area contributed by atoms with Crippen molar-refractivity contribution in [2.24, 2.45) is 0 Å². The monoisotopic (exact) mass is 123 g/mol. The maximum absolute atomic E-state index is 3.05. The summed E-state index contributed by atoms with van der Waals surface area (Å²) in [6.45, 7) is 6.19. The summed E-state index contributed by atoms with van der Waals surface area (Å²) in [6.07, 6.45) is 3.72. The lowest BCUT2D eigenvalue weighted by molar-refractivity contribution is 0.756. The predicted octanol–water partition coefficient (Wildman–Crippen LogP) is 2.79. The fourth-order valence-corrected chi connectivity index (χ4v) is 0.718. The first kappa shape index (κ1) is 8.56. The van der Waals surface area contributed by atoms with Crippen molar-refractivity contribution in [1.82, 2.24) is 0 Å². The van der Waals surface area contributed by atoms with Crippen LogP contribution in [-0.2, 0) is 0 Å². The highest BCUT2D eigenvalue weighted by atomic mass is 14.0. The third-order valence-electron chi connectivity index (χ3n) is 1.24. The maximum Gasteiger partial charge on any atom is 0.0449 e. The van der Waals surface area contributed by atoms with Gasteiger partial charge in [-0.15, -0.1) is 5.92 Å². The Morgan fingerprint density at radius 2 is 2.11 bits per heavy atom. The minimum Gasteiger partial charge on any atom is -0.106 e. The van der Waals surface area contributed by atoms with E-state index in [1.54, 1.807) is 0 Å². The molecule has 0 heteroatoms. The van der Waals surface area contributed by atoms with Crippen molar-refractivity contribution in [3.8, 4) is 11.8 Å². The van der Waals surface area contributed by atoms with Gasteiger partial charge >= 0.3 is 0 Å². The molecule has 0 aromatic heterocycles. The number of hydrogen-bond donors (Lipinski definition) is 0. The van der Waals surface area contributed by atoms with Gasteiger partial charge in [-0.1, -0.05) is 25.7 Å². The Bertz CT molecular complexity index is 103. The van der Waals surface area contributed by atoms with Gasteiger partial charge in [-0.25, -0.2) is 0 Å². The molecule has 0 spiro atoms. The first-order valence-electron chi connectivity index (χ1n) is 3.56. The number of hydrogen-bond acceptors (Lipinski definition) is 0. The van der Waals surface area contributed by atoms with Gasteiger partial charge in [-0.3, -0.25) is 0 Å². The Balaban J connectivity index is 3.23. The van der Waals surface area contributed by atoms with Gasteiger partial charge in [0.1, 0.15) is 0 Å². The average molecular weight is 123 g/mol. The molecular formula is C9H15. The third-order valence-corrected chi connectivity index (χ3v) is 1.24. The summed E-state index contributed by atoms with van der Waals surface area (Å²) >= 11 is 0. The van der Waals surface area contributed by atoms with Gasteiger partial charge in [0.15, 0.2) is 0 Å². The number of rotatable bonds is 3. The van der Waals surface area contributed by atoms with E-state index < -0.39 is 0 Å². The molecule has 0 rings (SSSR count). The molecule has 0 saturated heterocycles. The summed E-state index contributed by atoms with van der Waals surface area (Å²) in [5.41, 5.74) is 0. The molecule has 0 fully saturated rings. The van der Waals surface area contributed by atoms with E-state index in [0.29, 0.717) is 0 Å². The normalized spacial score (nSPS) is 8.89. The quantitative estimate of drug-likeness (QED) is 0.506. The molecule has 0 unspecified atom stereocenters. The zero-order chi connectivity index (χ0) is 7.11. The molecule has 0 nitrogen and oxygen atoms in total. The van der Waals surface area contributed by atoms with Crippen molar-refractivity contribution in [3.63, 3.8) is 0 Å². The van der Waals surface area contributed by atoms with Gasteiger partial charge in [0.25, 0.3) is 0 Å². The highest BCUT2D eigenvalue weighted by Crippen LogP contribution is 2.07. The van der Waals surface area contributed by atoms with Crippen LogP contribution in [0.15, 0.2) is 0 Å². The zero-order valence-electron chi connectivity index (χ0n) is 6.62. The van der Waals surface area contributed by atoms with Crippen molar-refractivity contribution in [3.05, 3.63) is 5.92 Å². The minimum absolute atomic E-state index is 1.18. The first-order valence-corrected chi connectivity index (χ1v) is 3.56. The zero-order valence-corrected chi connectivity index (χ0v) is 6.62. The molecule has 0 amide bonds. The average Bonchev–Trinajstić information content (AvgIpc) is 1.85. The number of unbranched alkanes of at least 4 members (excludes halogenated alkanes) is 1. The van der Waals surface area contributed by atoms with Gasteiger partial charge in [0.05, 0.1) is 0 Å². The lowest BCUT2D eigenvalue weighted by Crippen LogP contribution is -1.85. The van der Waals surface area contributed by atoms with E-state index in [4.69, 9.17) is 0 Å². The second-order valence-corrected chi connectivity index (χ2v) is 2.26. The van der Waals surface area contributed by atoms with Crippen LogP contribution in [-0.4, -0.2) is 0 Å². The lowest BCUT2D eigenvalue weighted by atomic mass is 10.1. The van der Waals surface area contributed by atoms with Crippen LogP contribution in [0.1, 0.15) is 40.0 Å². The standard InChI is InChI=1S/C9H15/c1-4-6-8-9(3)7-5-2/h4,6,8H2,1-3H3. The van der Waals surface area contributed by atoms with Crippen LogP contribution in [0.25, 0.3) is 0 Å². The highest BCUT2D eigenvalue weighted by Gasteiger charge is 1.94. The van der Waals surface area contributed by atoms with Gasteiger partial charge in [-0.05, 0) is 20.3 Å². The van der Waals surface area contributed by atoms with E-state index in [0.717, 1.165) is 0 Å². The highest BCUT2D eigenvalue weighted by molar-refractivity contribution is 5.17. The molecule has 0 aromatic carbocycles. The van der Waals surface area contributed by atoms with Crippen LogP contribution < -0.4 is 0 Å². The van der Waals surface area contributed by atoms with Gasteiger partial charge < -0.3 is 0 Å². The molecule has 0 aliphatic heterocycles. The van der Waals surface area contributed by atoms with Crippen molar-refractivity contribution >= 4 is 0 Å². The molecule has 0 saturated carbocycles. The Labute approximate surface area is 58.7 Å². The molecule has 0 aliphatic carbocycles. The van der Waals surface area contributed by atoms with Crippen LogP contribution in [0.3, 0.4) is 0 Å². The Hall–Kier alpha value is -0.440. The predicted molar refractivity (Wildman–Crippen MR) is 41.9 cm³/mol. The van der Waals surface area contributed by atoms with E-state index in [2.05, 4.69) is 25.7 Å². The van der Waals surface area contributed by atoms with E-state index in [-0.39, 0.29) is 0 Å². The van der Waals surface area contributed by atoms with Crippen LogP contribution >= 0.6 is 0 Å². The summed E-state index contributed by atoms with van der Waals surface area (Å²) in [5.74, 6) is 7.26. The minimum atomic E-state index is 1.18. The summed E-state index contributed by atoms with van der Waals surface area (Å²) in [7, 11) is 0. The van der Waals surface area contributed by atoms with Crippen LogP contribution in [0.5, 0.6) is 0 Å². The summed E-state index contributed by atoms with van der Waals surface area (Å²) in [6, 6.07) is 0. The fraction of sp³-hybridized carbons (Fsp3) is 0.667. The topological polar surface area (TPSA) is 0 Å². The van der Waals surface area contributed by atoms with Crippen molar-refractivity contribution in [2.75, 3.05) is 0 Å².